The lowest BCUT2D eigenvalue weighted by Gasteiger charge is -2.31. The van der Waals surface area contributed by atoms with Crippen LogP contribution in [0, 0.1) is 0 Å². The van der Waals surface area contributed by atoms with Crippen molar-refractivity contribution in [2.24, 2.45) is 0 Å². The Morgan fingerprint density at radius 2 is 1.78 bits per heavy atom. The SMILES string of the molecule is CC(O)c1ccc(NC(O)NC2CCC(Nc3nccc(-c4cn[nH]c4N)n3)CC2)cc1. The van der Waals surface area contributed by atoms with Gasteiger partial charge in [-0.05, 0) is 56.4 Å². The Kier molecular flexibility index (Phi) is 6.84. The fourth-order valence-corrected chi connectivity index (χ4v) is 3.95. The van der Waals surface area contributed by atoms with Gasteiger partial charge in [0.2, 0.25) is 5.95 Å². The molecule has 10 nitrogen and oxygen atoms in total. The van der Waals surface area contributed by atoms with Crippen molar-refractivity contribution in [3.05, 3.63) is 48.3 Å². The van der Waals surface area contributed by atoms with Gasteiger partial charge in [-0.2, -0.15) is 5.10 Å². The molecule has 10 heteroatoms. The zero-order chi connectivity index (χ0) is 22.5. The lowest BCUT2D eigenvalue weighted by atomic mass is 9.91. The van der Waals surface area contributed by atoms with Crippen molar-refractivity contribution in [3.63, 3.8) is 0 Å². The van der Waals surface area contributed by atoms with E-state index in [9.17, 15) is 10.2 Å². The Hall–Kier alpha value is -3.21. The van der Waals surface area contributed by atoms with Gasteiger partial charge in [-0.15, -0.1) is 0 Å². The molecule has 0 saturated heterocycles. The predicted molar refractivity (Wildman–Crippen MR) is 124 cm³/mol. The Labute approximate surface area is 186 Å². The highest BCUT2D eigenvalue weighted by atomic mass is 16.3. The number of anilines is 3. The quantitative estimate of drug-likeness (QED) is 0.262. The number of nitrogen functional groups attached to an aromatic ring is 1. The van der Waals surface area contributed by atoms with Crippen LogP contribution in [0.4, 0.5) is 17.5 Å². The maximum atomic E-state index is 10.4. The smallest absolute Gasteiger partial charge is 0.223 e. The van der Waals surface area contributed by atoms with E-state index in [1.54, 1.807) is 25.4 Å². The molecule has 2 aromatic heterocycles. The van der Waals surface area contributed by atoms with Crippen molar-refractivity contribution in [1.29, 1.82) is 0 Å². The van der Waals surface area contributed by atoms with E-state index < -0.39 is 12.5 Å². The van der Waals surface area contributed by atoms with Gasteiger partial charge in [0.1, 0.15) is 5.82 Å². The summed E-state index contributed by atoms with van der Waals surface area (Å²) >= 11 is 0. The van der Waals surface area contributed by atoms with Crippen LogP contribution in [0.25, 0.3) is 11.3 Å². The fourth-order valence-electron chi connectivity index (χ4n) is 3.95. The number of aromatic nitrogens is 4. The first-order valence-corrected chi connectivity index (χ1v) is 10.9. The number of nitrogens with two attached hydrogens (primary N) is 1. The molecular formula is C22H30N8O2. The predicted octanol–water partition coefficient (Wildman–Crippen LogP) is 2.20. The van der Waals surface area contributed by atoms with Crippen molar-refractivity contribution in [2.75, 3.05) is 16.4 Å². The third kappa shape index (κ3) is 5.52. The number of hydrogen-bond acceptors (Lipinski definition) is 9. The highest BCUT2D eigenvalue weighted by molar-refractivity contribution is 5.70. The maximum Gasteiger partial charge on any atom is 0.223 e. The minimum Gasteiger partial charge on any atom is -0.389 e. The maximum absolute atomic E-state index is 10.4. The van der Waals surface area contributed by atoms with Crippen LogP contribution < -0.4 is 21.7 Å². The van der Waals surface area contributed by atoms with E-state index in [0.29, 0.717) is 11.8 Å². The van der Waals surface area contributed by atoms with Gasteiger partial charge in [0, 0.05) is 24.0 Å². The zero-order valence-corrected chi connectivity index (χ0v) is 18.0. The summed E-state index contributed by atoms with van der Waals surface area (Å²) in [7, 11) is 0. The summed E-state index contributed by atoms with van der Waals surface area (Å²) in [4.78, 5) is 8.89. The van der Waals surface area contributed by atoms with Crippen molar-refractivity contribution in [3.8, 4) is 11.3 Å². The molecular weight excluding hydrogens is 408 g/mol. The minimum atomic E-state index is -0.845. The third-order valence-corrected chi connectivity index (χ3v) is 5.75. The molecule has 1 aromatic carbocycles. The molecule has 32 heavy (non-hydrogen) atoms. The molecule has 0 radical (unpaired) electrons. The van der Waals surface area contributed by atoms with Crippen LogP contribution in [0.1, 0.15) is 44.3 Å². The van der Waals surface area contributed by atoms with Gasteiger partial charge >= 0.3 is 0 Å². The van der Waals surface area contributed by atoms with Crippen LogP contribution in [0.3, 0.4) is 0 Å². The number of benzene rings is 1. The van der Waals surface area contributed by atoms with Gasteiger partial charge in [-0.25, -0.2) is 9.97 Å². The van der Waals surface area contributed by atoms with Crippen LogP contribution >= 0.6 is 0 Å². The lowest BCUT2D eigenvalue weighted by Crippen LogP contribution is -2.45. The Morgan fingerprint density at radius 3 is 2.44 bits per heavy atom. The summed E-state index contributed by atoms with van der Waals surface area (Å²) in [5, 5.41) is 36.3. The molecule has 0 aliphatic heterocycles. The van der Waals surface area contributed by atoms with E-state index in [4.69, 9.17) is 5.73 Å². The van der Waals surface area contributed by atoms with E-state index in [1.165, 1.54) is 0 Å². The number of rotatable bonds is 8. The van der Waals surface area contributed by atoms with E-state index in [2.05, 4.69) is 36.1 Å². The van der Waals surface area contributed by atoms with E-state index >= 15 is 0 Å². The van der Waals surface area contributed by atoms with Crippen LogP contribution in [0.5, 0.6) is 0 Å². The topological polar surface area (TPSA) is 157 Å². The molecule has 3 aromatic rings. The molecule has 1 saturated carbocycles. The second-order valence-electron chi connectivity index (χ2n) is 8.17. The lowest BCUT2D eigenvalue weighted by molar-refractivity contribution is 0.137. The Balaban J connectivity index is 1.24. The van der Waals surface area contributed by atoms with Gasteiger partial charge in [0.25, 0.3) is 0 Å². The summed E-state index contributed by atoms with van der Waals surface area (Å²) in [5.74, 6) is 1.05. The van der Waals surface area contributed by atoms with Crippen molar-refractivity contribution in [2.45, 2.75) is 57.1 Å². The minimum absolute atomic E-state index is 0.213. The number of H-pyrrole nitrogens is 1. The number of aliphatic hydroxyl groups is 2. The van der Waals surface area contributed by atoms with Gasteiger partial charge in [-0.1, -0.05) is 12.1 Å². The third-order valence-electron chi connectivity index (χ3n) is 5.75. The zero-order valence-electron chi connectivity index (χ0n) is 18.0. The summed E-state index contributed by atoms with van der Waals surface area (Å²) in [6, 6.07) is 9.66. The van der Waals surface area contributed by atoms with Crippen LogP contribution in [-0.2, 0) is 0 Å². The number of hydrogen-bond donors (Lipinski definition) is 7. The molecule has 0 bridgehead atoms. The van der Waals surface area contributed by atoms with Gasteiger partial charge in [-0.3, -0.25) is 10.4 Å². The summed E-state index contributed by atoms with van der Waals surface area (Å²) < 4.78 is 0. The summed E-state index contributed by atoms with van der Waals surface area (Å²) in [5.41, 5.74) is 9.00. The molecule has 1 aliphatic rings. The standard InChI is InChI=1S/C22H30N8O2/c1-13(31)14-2-4-16(5-3-14)27-22(32)28-17-8-6-15(7-9-17)26-21-24-11-10-19(29-21)18-12-25-30-20(18)23/h2-5,10-13,15,17,22,27-28,31-32H,6-9H2,1H3,(H3,23,25,30)(H,24,26,29). The first-order valence-electron chi connectivity index (χ1n) is 10.9. The number of aliphatic hydroxyl groups excluding tert-OH is 2. The largest absolute Gasteiger partial charge is 0.389 e. The second-order valence-corrected chi connectivity index (χ2v) is 8.17. The average molecular weight is 439 g/mol. The molecule has 2 unspecified atom stereocenters. The number of nitrogens with one attached hydrogen (secondary N) is 4. The van der Waals surface area contributed by atoms with Crippen LogP contribution in [0.15, 0.2) is 42.7 Å². The molecule has 2 heterocycles. The molecule has 1 fully saturated rings. The van der Waals surface area contributed by atoms with Crippen LogP contribution in [0.2, 0.25) is 0 Å². The summed E-state index contributed by atoms with van der Waals surface area (Å²) in [6.07, 6.45) is 5.73. The Bertz CT molecular complexity index is 999. The van der Waals surface area contributed by atoms with Gasteiger partial charge in [0.05, 0.1) is 23.6 Å². The number of nitrogens with zero attached hydrogens (tertiary/aromatic N) is 3. The monoisotopic (exact) mass is 438 g/mol. The van der Waals surface area contributed by atoms with Crippen molar-refractivity contribution >= 4 is 17.5 Å². The van der Waals surface area contributed by atoms with E-state index in [-0.39, 0.29) is 12.1 Å². The van der Waals surface area contributed by atoms with E-state index in [1.807, 2.05) is 24.3 Å². The molecule has 4 rings (SSSR count). The second kappa shape index (κ2) is 9.94. The molecule has 2 atom stereocenters. The van der Waals surface area contributed by atoms with Gasteiger partial charge in [0.15, 0.2) is 6.35 Å². The van der Waals surface area contributed by atoms with Crippen molar-refractivity contribution in [1.82, 2.24) is 25.5 Å². The molecule has 8 N–H and O–H groups in total. The highest BCUT2D eigenvalue weighted by Gasteiger charge is 2.23. The van der Waals surface area contributed by atoms with Crippen LogP contribution in [-0.4, -0.2) is 48.8 Å². The normalized spacial score (nSPS) is 20.5. The van der Waals surface area contributed by atoms with E-state index in [0.717, 1.165) is 48.2 Å². The molecule has 1 aliphatic carbocycles. The van der Waals surface area contributed by atoms with Gasteiger partial charge < -0.3 is 26.6 Å². The average Bonchev–Trinajstić information content (AvgIpc) is 3.21. The summed E-state index contributed by atoms with van der Waals surface area (Å²) in [6.45, 7) is 1.72. The van der Waals surface area contributed by atoms with Crippen molar-refractivity contribution < 1.29 is 10.2 Å². The highest BCUT2D eigenvalue weighted by Crippen LogP contribution is 2.25. The molecule has 170 valence electrons. The fraction of sp³-hybridized carbons (Fsp3) is 0.409. The number of aromatic amines is 1. The Morgan fingerprint density at radius 1 is 1.06 bits per heavy atom. The molecule has 0 amide bonds. The first kappa shape index (κ1) is 22.0. The molecule has 0 spiro atoms. The first-order chi connectivity index (χ1) is 15.5.